The molecule has 1 rings (SSSR count). The second kappa shape index (κ2) is 5.58. The fraction of sp³-hybridized carbons (Fsp3) is 1.00. The lowest BCUT2D eigenvalue weighted by molar-refractivity contribution is 0.0244. The van der Waals surface area contributed by atoms with Crippen LogP contribution in [0, 0.1) is 5.92 Å². The molecule has 2 unspecified atom stereocenters. The molecular weight excluding hydrogens is 166 g/mol. The molecule has 0 bridgehead atoms. The standard InChI is InChI=1S/C10H21NO2/c1-8(2)10(11-3)7-13-9-4-5-12-6-9/h8-11H,4-7H2,1-3H3. The van der Waals surface area contributed by atoms with Crippen molar-refractivity contribution in [1.82, 2.24) is 5.32 Å². The fourth-order valence-corrected chi connectivity index (χ4v) is 1.49. The molecule has 0 spiro atoms. The van der Waals surface area contributed by atoms with Crippen molar-refractivity contribution in [2.45, 2.75) is 32.4 Å². The van der Waals surface area contributed by atoms with Crippen LogP contribution >= 0.6 is 0 Å². The second-order valence-corrected chi connectivity index (χ2v) is 3.96. The van der Waals surface area contributed by atoms with Crippen LogP contribution in [0.5, 0.6) is 0 Å². The van der Waals surface area contributed by atoms with E-state index in [-0.39, 0.29) is 0 Å². The normalized spacial score (nSPS) is 25.4. The van der Waals surface area contributed by atoms with Gasteiger partial charge in [0.1, 0.15) is 0 Å². The molecule has 78 valence electrons. The van der Waals surface area contributed by atoms with Gasteiger partial charge in [0.15, 0.2) is 0 Å². The quantitative estimate of drug-likeness (QED) is 0.697. The summed E-state index contributed by atoms with van der Waals surface area (Å²) in [5.41, 5.74) is 0. The first-order chi connectivity index (χ1) is 6.24. The van der Waals surface area contributed by atoms with E-state index < -0.39 is 0 Å². The van der Waals surface area contributed by atoms with E-state index in [0.29, 0.717) is 18.1 Å². The van der Waals surface area contributed by atoms with E-state index in [4.69, 9.17) is 9.47 Å². The molecule has 1 N–H and O–H groups in total. The Labute approximate surface area is 80.8 Å². The van der Waals surface area contributed by atoms with Crippen LogP contribution in [0.25, 0.3) is 0 Å². The van der Waals surface area contributed by atoms with Crippen molar-refractivity contribution in [1.29, 1.82) is 0 Å². The van der Waals surface area contributed by atoms with Gasteiger partial charge in [-0.1, -0.05) is 13.8 Å². The molecule has 0 radical (unpaired) electrons. The van der Waals surface area contributed by atoms with Crippen LogP contribution in [0.4, 0.5) is 0 Å². The van der Waals surface area contributed by atoms with Crippen molar-refractivity contribution in [3.05, 3.63) is 0 Å². The molecule has 1 heterocycles. The summed E-state index contributed by atoms with van der Waals surface area (Å²) in [6.07, 6.45) is 1.38. The number of ether oxygens (including phenoxy) is 2. The Kier molecular flexibility index (Phi) is 4.70. The summed E-state index contributed by atoms with van der Waals surface area (Å²) >= 11 is 0. The Hall–Kier alpha value is -0.120. The highest BCUT2D eigenvalue weighted by atomic mass is 16.5. The summed E-state index contributed by atoms with van der Waals surface area (Å²) in [7, 11) is 1.99. The highest BCUT2D eigenvalue weighted by Crippen LogP contribution is 2.10. The maximum absolute atomic E-state index is 5.73. The van der Waals surface area contributed by atoms with Gasteiger partial charge in [-0.15, -0.1) is 0 Å². The number of nitrogens with one attached hydrogen (secondary N) is 1. The van der Waals surface area contributed by atoms with E-state index in [1.807, 2.05) is 7.05 Å². The summed E-state index contributed by atoms with van der Waals surface area (Å²) < 4.78 is 11.0. The minimum atomic E-state index is 0.328. The van der Waals surface area contributed by atoms with E-state index in [9.17, 15) is 0 Å². The van der Waals surface area contributed by atoms with Crippen molar-refractivity contribution in [2.24, 2.45) is 5.92 Å². The summed E-state index contributed by atoms with van der Waals surface area (Å²) in [4.78, 5) is 0. The molecular formula is C10H21NO2. The zero-order valence-electron chi connectivity index (χ0n) is 8.88. The Balaban J connectivity index is 2.15. The molecule has 1 fully saturated rings. The van der Waals surface area contributed by atoms with Gasteiger partial charge < -0.3 is 14.8 Å². The van der Waals surface area contributed by atoms with Crippen LogP contribution in [0.3, 0.4) is 0 Å². The van der Waals surface area contributed by atoms with Crippen molar-refractivity contribution < 1.29 is 9.47 Å². The number of hydrogen-bond acceptors (Lipinski definition) is 3. The predicted molar refractivity (Wildman–Crippen MR) is 52.9 cm³/mol. The molecule has 13 heavy (non-hydrogen) atoms. The van der Waals surface area contributed by atoms with Crippen LogP contribution in [0.15, 0.2) is 0 Å². The average molecular weight is 187 g/mol. The molecule has 1 aliphatic rings. The third kappa shape index (κ3) is 3.63. The highest BCUT2D eigenvalue weighted by molar-refractivity contribution is 4.70. The number of rotatable bonds is 5. The van der Waals surface area contributed by atoms with Crippen LogP contribution in [0.2, 0.25) is 0 Å². The van der Waals surface area contributed by atoms with Crippen molar-refractivity contribution in [3.8, 4) is 0 Å². The Bertz CT molecular complexity index is 133. The Morgan fingerprint density at radius 1 is 1.54 bits per heavy atom. The number of hydrogen-bond donors (Lipinski definition) is 1. The molecule has 1 aliphatic heterocycles. The van der Waals surface area contributed by atoms with Crippen molar-refractivity contribution in [3.63, 3.8) is 0 Å². The highest BCUT2D eigenvalue weighted by Gasteiger charge is 2.18. The van der Waals surface area contributed by atoms with E-state index in [2.05, 4.69) is 19.2 Å². The average Bonchev–Trinajstić information content (AvgIpc) is 2.57. The van der Waals surface area contributed by atoms with E-state index in [1.54, 1.807) is 0 Å². The number of likely N-dealkylation sites (N-methyl/N-ethyl adjacent to an activating group) is 1. The summed E-state index contributed by atoms with van der Waals surface area (Å²) in [6.45, 7) is 6.83. The Morgan fingerprint density at radius 2 is 2.31 bits per heavy atom. The molecule has 0 aromatic heterocycles. The predicted octanol–water partition coefficient (Wildman–Crippen LogP) is 1.04. The van der Waals surface area contributed by atoms with Gasteiger partial charge >= 0.3 is 0 Å². The lowest BCUT2D eigenvalue weighted by atomic mass is 10.1. The lowest BCUT2D eigenvalue weighted by Gasteiger charge is -2.21. The minimum absolute atomic E-state index is 0.328. The van der Waals surface area contributed by atoms with E-state index >= 15 is 0 Å². The van der Waals surface area contributed by atoms with Crippen LogP contribution in [0.1, 0.15) is 20.3 Å². The third-order valence-corrected chi connectivity index (χ3v) is 2.57. The summed E-state index contributed by atoms with van der Waals surface area (Å²) in [5, 5.41) is 3.26. The molecule has 2 atom stereocenters. The van der Waals surface area contributed by atoms with E-state index in [0.717, 1.165) is 26.2 Å². The first kappa shape index (κ1) is 11.0. The molecule has 3 nitrogen and oxygen atoms in total. The largest absolute Gasteiger partial charge is 0.379 e. The first-order valence-corrected chi connectivity index (χ1v) is 5.10. The first-order valence-electron chi connectivity index (χ1n) is 5.10. The minimum Gasteiger partial charge on any atom is -0.379 e. The fourth-order valence-electron chi connectivity index (χ4n) is 1.49. The maximum atomic E-state index is 5.73. The maximum Gasteiger partial charge on any atom is 0.0831 e. The molecule has 0 amide bonds. The lowest BCUT2D eigenvalue weighted by Crippen LogP contribution is -2.36. The van der Waals surface area contributed by atoms with Gasteiger partial charge in [0.2, 0.25) is 0 Å². The molecule has 3 heteroatoms. The summed E-state index contributed by atoms with van der Waals surface area (Å²) in [6, 6.07) is 0.459. The zero-order valence-corrected chi connectivity index (χ0v) is 8.88. The second-order valence-electron chi connectivity index (χ2n) is 3.96. The van der Waals surface area contributed by atoms with Gasteiger partial charge in [0, 0.05) is 12.6 Å². The molecule has 0 saturated carbocycles. The molecule has 0 aromatic carbocycles. The van der Waals surface area contributed by atoms with Gasteiger partial charge in [-0.3, -0.25) is 0 Å². The topological polar surface area (TPSA) is 30.5 Å². The molecule has 0 aliphatic carbocycles. The zero-order chi connectivity index (χ0) is 9.68. The van der Waals surface area contributed by atoms with Crippen LogP contribution < -0.4 is 5.32 Å². The monoisotopic (exact) mass is 187 g/mol. The summed E-state index contributed by atoms with van der Waals surface area (Å²) in [5.74, 6) is 0.618. The van der Waals surface area contributed by atoms with Crippen LogP contribution in [-0.2, 0) is 9.47 Å². The van der Waals surface area contributed by atoms with Gasteiger partial charge in [-0.25, -0.2) is 0 Å². The molecule has 1 saturated heterocycles. The third-order valence-electron chi connectivity index (χ3n) is 2.57. The SMILES string of the molecule is CNC(COC1CCOC1)C(C)C. The van der Waals surface area contributed by atoms with Gasteiger partial charge in [-0.05, 0) is 19.4 Å². The van der Waals surface area contributed by atoms with Gasteiger partial charge in [-0.2, -0.15) is 0 Å². The van der Waals surface area contributed by atoms with Gasteiger partial charge in [0.05, 0.1) is 19.3 Å². The molecule has 0 aromatic rings. The Morgan fingerprint density at radius 3 is 2.77 bits per heavy atom. The smallest absolute Gasteiger partial charge is 0.0831 e. The van der Waals surface area contributed by atoms with E-state index in [1.165, 1.54) is 0 Å². The van der Waals surface area contributed by atoms with Gasteiger partial charge in [0.25, 0.3) is 0 Å². The van der Waals surface area contributed by atoms with Crippen molar-refractivity contribution in [2.75, 3.05) is 26.9 Å². The van der Waals surface area contributed by atoms with Crippen LogP contribution in [-0.4, -0.2) is 39.0 Å². The van der Waals surface area contributed by atoms with Crippen molar-refractivity contribution >= 4 is 0 Å².